The summed E-state index contributed by atoms with van der Waals surface area (Å²) < 4.78 is 13.1. The van der Waals surface area contributed by atoms with Gasteiger partial charge in [0.1, 0.15) is 16.9 Å². The van der Waals surface area contributed by atoms with Crippen LogP contribution in [0.3, 0.4) is 0 Å². The molecule has 5 nitrogen and oxygen atoms in total. The van der Waals surface area contributed by atoms with Crippen LogP contribution < -0.4 is 5.73 Å². The number of carboxylic acid groups (broad SMARTS) is 1. The standard InChI is InChI=1S/C8H6FN3O2/c9-3-1-2-4-6(5(3)7(13)14)12-8(10)11-4/h1-2H,(H,13,14)(H3,10,11,12). The van der Waals surface area contributed by atoms with Gasteiger partial charge < -0.3 is 15.8 Å². The fraction of sp³-hybridized carbons (Fsp3) is 0. The van der Waals surface area contributed by atoms with Crippen LogP contribution in [-0.4, -0.2) is 21.0 Å². The van der Waals surface area contributed by atoms with Crippen LogP contribution in [0.2, 0.25) is 0 Å². The second kappa shape index (κ2) is 2.69. The highest BCUT2D eigenvalue weighted by molar-refractivity contribution is 6.01. The van der Waals surface area contributed by atoms with Crippen LogP contribution >= 0.6 is 0 Å². The van der Waals surface area contributed by atoms with Gasteiger partial charge in [-0.05, 0) is 12.1 Å². The molecule has 0 radical (unpaired) electrons. The molecule has 72 valence electrons. The Morgan fingerprint density at radius 2 is 2.29 bits per heavy atom. The summed E-state index contributed by atoms with van der Waals surface area (Å²) in [4.78, 5) is 17.0. The molecule has 0 amide bonds. The number of imidazole rings is 1. The fourth-order valence-electron chi connectivity index (χ4n) is 1.27. The Bertz CT molecular complexity index is 521. The number of hydrogen-bond donors (Lipinski definition) is 3. The Labute approximate surface area is 77.4 Å². The number of halogens is 1. The molecule has 0 saturated carbocycles. The van der Waals surface area contributed by atoms with E-state index in [2.05, 4.69) is 9.97 Å². The molecule has 0 aliphatic carbocycles. The van der Waals surface area contributed by atoms with Gasteiger partial charge in [0.15, 0.2) is 5.95 Å². The van der Waals surface area contributed by atoms with Crippen LogP contribution in [0, 0.1) is 5.82 Å². The third-order valence-corrected chi connectivity index (χ3v) is 1.84. The number of aromatic amines is 1. The number of nitrogens with two attached hydrogens (primary N) is 1. The first-order valence-electron chi connectivity index (χ1n) is 3.76. The summed E-state index contributed by atoms with van der Waals surface area (Å²) in [5.74, 6) is -2.12. The van der Waals surface area contributed by atoms with Crippen molar-refractivity contribution in [3.8, 4) is 0 Å². The maximum atomic E-state index is 13.1. The fourth-order valence-corrected chi connectivity index (χ4v) is 1.27. The van der Waals surface area contributed by atoms with E-state index < -0.39 is 17.3 Å². The monoisotopic (exact) mass is 195 g/mol. The van der Waals surface area contributed by atoms with Gasteiger partial charge in [-0.15, -0.1) is 0 Å². The minimum Gasteiger partial charge on any atom is -0.478 e. The van der Waals surface area contributed by atoms with E-state index >= 15 is 0 Å². The number of fused-ring (bicyclic) bond motifs is 1. The Morgan fingerprint density at radius 3 is 2.93 bits per heavy atom. The summed E-state index contributed by atoms with van der Waals surface area (Å²) in [5, 5.41) is 8.74. The Morgan fingerprint density at radius 1 is 1.57 bits per heavy atom. The highest BCUT2D eigenvalue weighted by Gasteiger charge is 2.17. The first-order valence-corrected chi connectivity index (χ1v) is 3.76. The number of rotatable bonds is 1. The number of benzene rings is 1. The molecular formula is C8H6FN3O2. The molecule has 2 rings (SSSR count). The lowest BCUT2D eigenvalue weighted by atomic mass is 10.2. The van der Waals surface area contributed by atoms with E-state index in [-0.39, 0.29) is 11.5 Å². The molecular weight excluding hydrogens is 189 g/mol. The van der Waals surface area contributed by atoms with Gasteiger partial charge in [0.2, 0.25) is 0 Å². The minimum atomic E-state index is -1.36. The third-order valence-electron chi connectivity index (χ3n) is 1.84. The smallest absolute Gasteiger partial charge is 0.340 e. The molecule has 0 aliphatic rings. The lowest BCUT2D eigenvalue weighted by Crippen LogP contribution is -2.01. The first-order chi connectivity index (χ1) is 6.59. The quantitative estimate of drug-likeness (QED) is 0.632. The summed E-state index contributed by atoms with van der Waals surface area (Å²) in [7, 11) is 0. The van der Waals surface area contributed by atoms with E-state index in [9.17, 15) is 9.18 Å². The molecule has 0 unspecified atom stereocenters. The third kappa shape index (κ3) is 1.08. The lowest BCUT2D eigenvalue weighted by Gasteiger charge is -1.96. The molecule has 1 aromatic carbocycles. The van der Waals surface area contributed by atoms with Crippen molar-refractivity contribution >= 4 is 23.0 Å². The second-order valence-corrected chi connectivity index (χ2v) is 2.75. The maximum absolute atomic E-state index is 13.1. The average Bonchev–Trinajstić information content (AvgIpc) is 2.43. The second-order valence-electron chi connectivity index (χ2n) is 2.75. The molecule has 0 spiro atoms. The SMILES string of the molecule is Nc1nc2c(C(=O)O)c(F)ccc2[nH]1. The lowest BCUT2D eigenvalue weighted by molar-refractivity contribution is 0.0694. The van der Waals surface area contributed by atoms with Crippen molar-refractivity contribution in [2.75, 3.05) is 5.73 Å². The van der Waals surface area contributed by atoms with Gasteiger partial charge in [-0.25, -0.2) is 14.2 Å². The number of anilines is 1. The molecule has 4 N–H and O–H groups in total. The number of nitrogen functional groups attached to an aromatic ring is 1. The van der Waals surface area contributed by atoms with Crippen molar-refractivity contribution in [1.82, 2.24) is 9.97 Å². The molecule has 1 aromatic heterocycles. The van der Waals surface area contributed by atoms with Gasteiger partial charge in [-0.1, -0.05) is 0 Å². The predicted octanol–water partition coefficient (Wildman–Crippen LogP) is 0.982. The van der Waals surface area contributed by atoms with Gasteiger partial charge in [0.25, 0.3) is 0 Å². The number of nitrogens with zero attached hydrogens (tertiary/aromatic N) is 1. The summed E-state index contributed by atoms with van der Waals surface area (Å²) in [6.45, 7) is 0. The number of H-pyrrole nitrogens is 1. The zero-order chi connectivity index (χ0) is 10.3. The van der Waals surface area contributed by atoms with Crippen molar-refractivity contribution < 1.29 is 14.3 Å². The topological polar surface area (TPSA) is 92.0 Å². The molecule has 6 heteroatoms. The average molecular weight is 195 g/mol. The van der Waals surface area contributed by atoms with Crippen LogP contribution in [0.25, 0.3) is 11.0 Å². The van der Waals surface area contributed by atoms with Crippen LogP contribution in [0.1, 0.15) is 10.4 Å². The Hall–Kier alpha value is -2.11. The van der Waals surface area contributed by atoms with Crippen LogP contribution in [0.5, 0.6) is 0 Å². The van der Waals surface area contributed by atoms with Crippen molar-refractivity contribution in [1.29, 1.82) is 0 Å². The number of hydrogen-bond acceptors (Lipinski definition) is 3. The van der Waals surface area contributed by atoms with Gasteiger partial charge >= 0.3 is 5.97 Å². The largest absolute Gasteiger partial charge is 0.478 e. The first kappa shape index (κ1) is 8.49. The highest BCUT2D eigenvalue weighted by atomic mass is 19.1. The summed E-state index contributed by atoms with van der Waals surface area (Å²) >= 11 is 0. The van der Waals surface area contributed by atoms with E-state index in [1.54, 1.807) is 0 Å². The number of carboxylic acids is 1. The van der Waals surface area contributed by atoms with Crippen LogP contribution in [-0.2, 0) is 0 Å². The van der Waals surface area contributed by atoms with Crippen LogP contribution in [0.4, 0.5) is 10.3 Å². The molecule has 2 aromatic rings. The van der Waals surface area contributed by atoms with Gasteiger partial charge in [-0.3, -0.25) is 0 Å². The Kier molecular flexibility index (Phi) is 1.63. The highest BCUT2D eigenvalue weighted by Crippen LogP contribution is 2.20. The molecule has 1 heterocycles. The van der Waals surface area contributed by atoms with Gasteiger partial charge in [-0.2, -0.15) is 0 Å². The van der Waals surface area contributed by atoms with Crippen molar-refractivity contribution in [3.63, 3.8) is 0 Å². The van der Waals surface area contributed by atoms with E-state index in [1.165, 1.54) is 6.07 Å². The molecule has 0 saturated heterocycles. The molecule has 0 fully saturated rings. The number of aromatic carboxylic acids is 1. The van der Waals surface area contributed by atoms with Crippen molar-refractivity contribution in [2.45, 2.75) is 0 Å². The summed E-state index contributed by atoms with van der Waals surface area (Å²) in [6.07, 6.45) is 0. The number of aromatic nitrogens is 2. The van der Waals surface area contributed by atoms with E-state index in [0.717, 1.165) is 6.07 Å². The molecule has 0 bridgehead atoms. The molecule has 0 aliphatic heterocycles. The van der Waals surface area contributed by atoms with Crippen molar-refractivity contribution in [3.05, 3.63) is 23.5 Å². The van der Waals surface area contributed by atoms with Crippen LogP contribution in [0.15, 0.2) is 12.1 Å². The minimum absolute atomic E-state index is 0.0370. The number of nitrogens with one attached hydrogen (secondary N) is 1. The van der Waals surface area contributed by atoms with Gasteiger partial charge in [0, 0.05) is 0 Å². The van der Waals surface area contributed by atoms with Gasteiger partial charge in [0.05, 0.1) is 5.52 Å². The van der Waals surface area contributed by atoms with E-state index in [4.69, 9.17) is 10.8 Å². The predicted molar refractivity (Wildman–Crippen MR) is 47.4 cm³/mol. The number of carbonyl (C=O) groups is 1. The molecule has 0 atom stereocenters. The van der Waals surface area contributed by atoms with Crippen molar-refractivity contribution in [2.24, 2.45) is 0 Å². The Balaban J connectivity index is 2.88. The zero-order valence-electron chi connectivity index (χ0n) is 6.91. The molecule has 14 heavy (non-hydrogen) atoms. The van der Waals surface area contributed by atoms with E-state index in [1.807, 2.05) is 0 Å². The maximum Gasteiger partial charge on any atom is 0.340 e. The zero-order valence-corrected chi connectivity index (χ0v) is 6.91. The normalized spacial score (nSPS) is 10.6. The summed E-state index contributed by atoms with van der Waals surface area (Å²) in [5.41, 5.74) is 5.31. The summed E-state index contributed by atoms with van der Waals surface area (Å²) in [6, 6.07) is 2.45. The van der Waals surface area contributed by atoms with E-state index in [0.29, 0.717) is 5.52 Å².